The Morgan fingerprint density at radius 3 is 2.68 bits per heavy atom. The van der Waals surface area contributed by atoms with Crippen molar-refractivity contribution in [2.24, 2.45) is 0 Å². The van der Waals surface area contributed by atoms with Crippen molar-refractivity contribution < 1.29 is 14.9 Å². The third kappa shape index (κ3) is 3.39. The number of aliphatic hydroxyl groups is 2. The van der Waals surface area contributed by atoms with E-state index >= 15 is 0 Å². The summed E-state index contributed by atoms with van der Waals surface area (Å²) in [5, 5.41) is 20.5. The number of halogens is 1. The number of anilines is 1. The number of aliphatic hydroxyl groups excluding tert-OH is 1. The molecule has 0 unspecified atom stereocenters. The molecule has 0 aromatic heterocycles. The summed E-state index contributed by atoms with van der Waals surface area (Å²) in [6.07, 6.45) is 1.26. The van der Waals surface area contributed by atoms with Gasteiger partial charge in [0.1, 0.15) is 0 Å². The average molecular weight is 286 g/mol. The van der Waals surface area contributed by atoms with Gasteiger partial charge in [-0.3, -0.25) is 0 Å². The molecule has 0 bridgehead atoms. The maximum atomic E-state index is 10.5. The van der Waals surface area contributed by atoms with Gasteiger partial charge >= 0.3 is 0 Å². The normalized spacial score (nSPS) is 18.3. The third-order valence-electron chi connectivity index (χ3n) is 3.62. The Bertz CT molecular complexity index is 433. The predicted octanol–water partition coefficient (Wildman–Crippen LogP) is 1.81. The van der Waals surface area contributed by atoms with Crippen molar-refractivity contribution in [3.8, 4) is 0 Å². The molecule has 1 aliphatic rings. The van der Waals surface area contributed by atoms with Crippen LogP contribution in [0.25, 0.3) is 0 Å². The minimum absolute atomic E-state index is 0.110. The van der Waals surface area contributed by atoms with Gasteiger partial charge in [0.25, 0.3) is 0 Å². The maximum absolute atomic E-state index is 10.5. The molecule has 5 heteroatoms. The van der Waals surface area contributed by atoms with E-state index in [2.05, 4.69) is 0 Å². The lowest BCUT2D eigenvalue weighted by Gasteiger charge is -2.36. The Balaban J connectivity index is 2.15. The first-order valence-electron chi connectivity index (χ1n) is 6.45. The molecule has 2 N–H and O–H groups in total. The van der Waals surface area contributed by atoms with Crippen molar-refractivity contribution in [2.75, 3.05) is 31.7 Å². The largest absolute Gasteiger partial charge is 0.392 e. The number of likely N-dealkylation sites (N-methyl/N-ethyl adjacent to an activating group) is 1. The van der Waals surface area contributed by atoms with Crippen molar-refractivity contribution in [3.63, 3.8) is 0 Å². The number of benzene rings is 1. The molecule has 1 aromatic rings. The first-order valence-corrected chi connectivity index (χ1v) is 6.83. The van der Waals surface area contributed by atoms with E-state index in [0.29, 0.717) is 43.2 Å². The number of nitrogens with zero attached hydrogens (tertiary/aromatic N) is 1. The Hall–Kier alpha value is -0.810. The lowest BCUT2D eigenvalue weighted by molar-refractivity contribution is -0.0572. The lowest BCUT2D eigenvalue weighted by atomic mass is 9.93. The summed E-state index contributed by atoms with van der Waals surface area (Å²) in [7, 11) is 1.90. The predicted molar refractivity (Wildman–Crippen MR) is 75.6 cm³/mol. The topological polar surface area (TPSA) is 52.9 Å². The van der Waals surface area contributed by atoms with Gasteiger partial charge in [-0.25, -0.2) is 0 Å². The smallest absolute Gasteiger partial charge is 0.0865 e. The van der Waals surface area contributed by atoms with Gasteiger partial charge in [-0.15, -0.1) is 0 Å². The highest BCUT2D eigenvalue weighted by Gasteiger charge is 2.31. The second kappa shape index (κ2) is 6.09. The van der Waals surface area contributed by atoms with E-state index in [1.54, 1.807) is 6.07 Å². The van der Waals surface area contributed by atoms with Gasteiger partial charge < -0.3 is 19.8 Å². The summed E-state index contributed by atoms with van der Waals surface area (Å²) in [6.45, 7) is 1.57. The Kier molecular flexibility index (Phi) is 4.68. The summed E-state index contributed by atoms with van der Waals surface area (Å²) < 4.78 is 5.28. The SMILES string of the molecule is CN(CC1(O)CCOCC1)c1cccc(Cl)c1CO. The van der Waals surface area contributed by atoms with Crippen molar-refractivity contribution in [2.45, 2.75) is 25.0 Å². The Morgan fingerprint density at radius 2 is 2.05 bits per heavy atom. The molecule has 0 saturated carbocycles. The fraction of sp³-hybridized carbons (Fsp3) is 0.571. The van der Waals surface area contributed by atoms with Crippen molar-refractivity contribution in [1.82, 2.24) is 0 Å². The second-order valence-electron chi connectivity index (χ2n) is 5.09. The molecule has 1 aliphatic heterocycles. The standard InChI is InChI=1S/C14H20ClNO3/c1-16(10-14(18)5-7-19-8-6-14)13-4-2-3-12(15)11(13)9-17/h2-4,17-18H,5-10H2,1H3. The number of rotatable bonds is 4. The van der Waals surface area contributed by atoms with E-state index in [0.717, 1.165) is 5.69 Å². The van der Waals surface area contributed by atoms with Gasteiger partial charge in [0.2, 0.25) is 0 Å². The fourth-order valence-corrected chi connectivity index (χ4v) is 2.73. The monoisotopic (exact) mass is 285 g/mol. The van der Waals surface area contributed by atoms with Crippen LogP contribution in [0.1, 0.15) is 18.4 Å². The van der Waals surface area contributed by atoms with Crippen LogP contribution in [-0.2, 0) is 11.3 Å². The van der Waals surface area contributed by atoms with E-state index < -0.39 is 5.60 Å². The van der Waals surface area contributed by atoms with Gasteiger partial charge in [0.05, 0.1) is 12.2 Å². The molecule has 4 nitrogen and oxygen atoms in total. The fourth-order valence-electron chi connectivity index (χ4n) is 2.50. The highest BCUT2D eigenvalue weighted by atomic mass is 35.5. The summed E-state index contributed by atoms with van der Waals surface area (Å²) >= 11 is 6.08. The first-order chi connectivity index (χ1) is 9.06. The average Bonchev–Trinajstić information content (AvgIpc) is 2.38. The van der Waals surface area contributed by atoms with Gasteiger partial charge in [-0.2, -0.15) is 0 Å². The van der Waals surface area contributed by atoms with E-state index in [1.165, 1.54) is 0 Å². The van der Waals surface area contributed by atoms with Crippen molar-refractivity contribution in [1.29, 1.82) is 0 Å². The zero-order chi connectivity index (χ0) is 13.9. The molecule has 1 saturated heterocycles. The van der Waals surface area contributed by atoms with E-state index in [-0.39, 0.29) is 6.61 Å². The van der Waals surface area contributed by atoms with Crippen LogP contribution in [0.5, 0.6) is 0 Å². The van der Waals surface area contributed by atoms with Gasteiger partial charge in [0, 0.05) is 55.9 Å². The van der Waals surface area contributed by atoms with E-state index in [4.69, 9.17) is 16.3 Å². The third-order valence-corrected chi connectivity index (χ3v) is 3.97. The number of hydrogen-bond acceptors (Lipinski definition) is 4. The first kappa shape index (κ1) is 14.6. The molecule has 0 amide bonds. The number of hydrogen-bond donors (Lipinski definition) is 2. The number of ether oxygens (including phenoxy) is 1. The highest BCUT2D eigenvalue weighted by Crippen LogP contribution is 2.29. The minimum atomic E-state index is -0.734. The van der Waals surface area contributed by atoms with Gasteiger partial charge in [-0.1, -0.05) is 17.7 Å². The lowest BCUT2D eigenvalue weighted by Crippen LogP contribution is -2.46. The van der Waals surface area contributed by atoms with Crippen LogP contribution in [0.2, 0.25) is 5.02 Å². The Morgan fingerprint density at radius 1 is 1.37 bits per heavy atom. The molecule has 1 fully saturated rings. The second-order valence-corrected chi connectivity index (χ2v) is 5.50. The molecule has 1 aromatic carbocycles. The highest BCUT2D eigenvalue weighted by molar-refractivity contribution is 6.31. The van der Waals surface area contributed by atoms with Crippen LogP contribution in [0, 0.1) is 0 Å². The minimum Gasteiger partial charge on any atom is -0.392 e. The molecule has 0 atom stereocenters. The van der Waals surface area contributed by atoms with Crippen LogP contribution >= 0.6 is 11.6 Å². The van der Waals surface area contributed by atoms with Crippen molar-refractivity contribution in [3.05, 3.63) is 28.8 Å². The van der Waals surface area contributed by atoms with Crippen molar-refractivity contribution >= 4 is 17.3 Å². The Labute approximate surface area is 118 Å². The maximum Gasteiger partial charge on any atom is 0.0865 e. The summed E-state index contributed by atoms with van der Waals surface area (Å²) in [6, 6.07) is 5.51. The zero-order valence-corrected chi connectivity index (χ0v) is 11.9. The van der Waals surface area contributed by atoms with Gasteiger partial charge in [0.15, 0.2) is 0 Å². The zero-order valence-electron chi connectivity index (χ0n) is 11.1. The van der Waals surface area contributed by atoms with E-state index in [9.17, 15) is 10.2 Å². The summed E-state index contributed by atoms with van der Waals surface area (Å²) in [5.74, 6) is 0. The van der Waals surface area contributed by atoms with Crippen LogP contribution in [0.15, 0.2) is 18.2 Å². The molecule has 0 radical (unpaired) electrons. The quantitative estimate of drug-likeness (QED) is 0.886. The molecule has 19 heavy (non-hydrogen) atoms. The summed E-state index contributed by atoms with van der Waals surface area (Å²) in [5.41, 5.74) is 0.819. The van der Waals surface area contributed by atoms with E-state index in [1.807, 2.05) is 24.1 Å². The van der Waals surface area contributed by atoms with Gasteiger partial charge in [-0.05, 0) is 12.1 Å². The molecule has 0 aliphatic carbocycles. The molecule has 1 heterocycles. The van der Waals surface area contributed by atoms with Crippen LogP contribution in [0.4, 0.5) is 5.69 Å². The molecule has 106 valence electrons. The van der Waals surface area contributed by atoms with Crippen LogP contribution in [-0.4, -0.2) is 42.6 Å². The summed E-state index contributed by atoms with van der Waals surface area (Å²) in [4.78, 5) is 1.95. The molecular formula is C14H20ClNO3. The molecule has 2 rings (SSSR count). The van der Waals surface area contributed by atoms with Crippen LogP contribution < -0.4 is 4.90 Å². The van der Waals surface area contributed by atoms with Crippen LogP contribution in [0.3, 0.4) is 0 Å². The molecular weight excluding hydrogens is 266 g/mol. The molecule has 0 spiro atoms.